The average Bonchev–Trinajstić information content (AvgIpc) is 2.92. The number of hydrogen-bond donors (Lipinski definition) is 0. The molecule has 0 spiro atoms. The van der Waals surface area contributed by atoms with Crippen LogP contribution in [0.2, 0.25) is 0 Å². The average molecular weight is 196 g/mol. The Morgan fingerprint density at radius 2 is 1.86 bits per heavy atom. The molecule has 2 unspecified atom stereocenters. The number of rotatable bonds is 2. The minimum atomic E-state index is -0.0742. The third kappa shape index (κ3) is 1.35. The van der Waals surface area contributed by atoms with Gasteiger partial charge in [-0.3, -0.25) is 4.79 Å². The first-order valence-corrected chi connectivity index (χ1v) is 5.80. The first-order chi connectivity index (χ1) is 6.71. The van der Waals surface area contributed by atoms with Gasteiger partial charge in [-0.25, -0.2) is 0 Å². The van der Waals surface area contributed by atoms with Crippen molar-refractivity contribution in [1.82, 2.24) is 0 Å². The number of esters is 1. The lowest BCUT2D eigenvalue weighted by molar-refractivity contribution is -0.150. The highest BCUT2D eigenvalue weighted by Gasteiger charge is 2.62. The van der Waals surface area contributed by atoms with E-state index in [1.807, 2.05) is 0 Å². The van der Waals surface area contributed by atoms with Crippen LogP contribution in [0.4, 0.5) is 0 Å². The van der Waals surface area contributed by atoms with Crippen LogP contribution in [-0.4, -0.2) is 13.1 Å². The van der Waals surface area contributed by atoms with Gasteiger partial charge in [0.2, 0.25) is 0 Å². The molecule has 0 aromatic rings. The predicted molar refractivity (Wildman–Crippen MR) is 54.8 cm³/mol. The van der Waals surface area contributed by atoms with Crippen LogP contribution in [0.5, 0.6) is 0 Å². The summed E-state index contributed by atoms with van der Waals surface area (Å²) >= 11 is 0. The molecule has 0 aromatic carbocycles. The van der Waals surface area contributed by atoms with Crippen molar-refractivity contribution in [2.24, 2.45) is 17.3 Å². The summed E-state index contributed by atoms with van der Waals surface area (Å²) in [6.45, 7) is 2.19. The molecule has 2 saturated carbocycles. The van der Waals surface area contributed by atoms with E-state index in [1.54, 1.807) is 0 Å². The maximum absolute atomic E-state index is 11.8. The lowest BCUT2D eigenvalue weighted by atomic mass is 9.76. The van der Waals surface area contributed by atoms with E-state index in [1.165, 1.54) is 39.2 Å². The summed E-state index contributed by atoms with van der Waals surface area (Å²) in [5.74, 6) is 1.22. The standard InChI is InChI=1S/C12H20O2/c1-9-8-12(9,11(13)14-2)10-6-4-3-5-7-10/h9-10H,3-8H2,1-2H3. The summed E-state index contributed by atoms with van der Waals surface area (Å²) in [5.41, 5.74) is -0.0742. The van der Waals surface area contributed by atoms with Crippen LogP contribution in [0.25, 0.3) is 0 Å². The van der Waals surface area contributed by atoms with E-state index in [9.17, 15) is 4.79 Å². The van der Waals surface area contributed by atoms with Crippen LogP contribution >= 0.6 is 0 Å². The highest BCUT2D eigenvalue weighted by molar-refractivity contribution is 5.80. The number of methoxy groups -OCH3 is 1. The predicted octanol–water partition coefficient (Wildman–Crippen LogP) is 2.77. The van der Waals surface area contributed by atoms with Gasteiger partial charge in [0, 0.05) is 0 Å². The molecule has 0 aliphatic heterocycles. The van der Waals surface area contributed by atoms with Crippen molar-refractivity contribution >= 4 is 5.97 Å². The van der Waals surface area contributed by atoms with Crippen LogP contribution in [0, 0.1) is 17.3 Å². The molecule has 2 aliphatic rings. The van der Waals surface area contributed by atoms with Gasteiger partial charge in [-0.15, -0.1) is 0 Å². The molecule has 0 radical (unpaired) electrons. The van der Waals surface area contributed by atoms with Gasteiger partial charge in [0.15, 0.2) is 0 Å². The fraction of sp³-hybridized carbons (Fsp3) is 0.917. The van der Waals surface area contributed by atoms with Crippen LogP contribution in [0.3, 0.4) is 0 Å². The van der Waals surface area contributed by atoms with E-state index in [2.05, 4.69) is 6.92 Å². The molecule has 80 valence electrons. The smallest absolute Gasteiger partial charge is 0.312 e. The van der Waals surface area contributed by atoms with E-state index in [0.29, 0.717) is 11.8 Å². The Morgan fingerprint density at radius 3 is 2.29 bits per heavy atom. The van der Waals surface area contributed by atoms with E-state index in [0.717, 1.165) is 6.42 Å². The molecule has 0 N–H and O–H groups in total. The largest absolute Gasteiger partial charge is 0.469 e. The van der Waals surface area contributed by atoms with Crippen molar-refractivity contribution in [3.63, 3.8) is 0 Å². The summed E-state index contributed by atoms with van der Waals surface area (Å²) in [7, 11) is 1.53. The number of ether oxygens (including phenoxy) is 1. The lowest BCUT2D eigenvalue weighted by Gasteiger charge is -2.29. The number of hydrogen-bond acceptors (Lipinski definition) is 2. The Hall–Kier alpha value is -0.530. The second-order valence-electron chi connectivity index (χ2n) is 4.97. The molecular formula is C12H20O2. The molecule has 0 aromatic heterocycles. The summed E-state index contributed by atoms with van der Waals surface area (Å²) in [5, 5.41) is 0. The number of carbonyl (C=O) groups is 1. The number of carbonyl (C=O) groups excluding carboxylic acids is 1. The topological polar surface area (TPSA) is 26.3 Å². The molecule has 2 atom stereocenters. The zero-order valence-electron chi connectivity index (χ0n) is 9.21. The van der Waals surface area contributed by atoms with Crippen LogP contribution in [0.15, 0.2) is 0 Å². The maximum Gasteiger partial charge on any atom is 0.312 e. The highest BCUT2D eigenvalue weighted by atomic mass is 16.5. The first kappa shape index (κ1) is 10.0. The van der Waals surface area contributed by atoms with Gasteiger partial charge in [-0.1, -0.05) is 26.2 Å². The van der Waals surface area contributed by atoms with E-state index < -0.39 is 0 Å². The Balaban J connectivity index is 2.08. The Bertz CT molecular complexity index is 230. The summed E-state index contributed by atoms with van der Waals surface area (Å²) in [4.78, 5) is 11.8. The SMILES string of the molecule is COC(=O)C1(C2CCCCC2)CC1C. The van der Waals surface area contributed by atoms with Crippen molar-refractivity contribution in [3.05, 3.63) is 0 Å². The van der Waals surface area contributed by atoms with Gasteiger partial charge in [0.1, 0.15) is 0 Å². The molecule has 2 fully saturated rings. The van der Waals surface area contributed by atoms with Crippen LogP contribution in [0.1, 0.15) is 45.4 Å². The summed E-state index contributed by atoms with van der Waals surface area (Å²) in [6, 6.07) is 0. The van der Waals surface area contributed by atoms with Crippen molar-refractivity contribution in [2.75, 3.05) is 7.11 Å². The molecule has 0 amide bonds. The zero-order valence-corrected chi connectivity index (χ0v) is 9.21. The molecule has 2 rings (SSSR count). The fourth-order valence-corrected chi connectivity index (χ4v) is 3.28. The van der Waals surface area contributed by atoms with E-state index in [-0.39, 0.29) is 11.4 Å². The third-order valence-corrected chi connectivity index (χ3v) is 4.26. The van der Waals surface area contributed by atoms with Gasteiger partial charge in [0.05, 0.1) is 12.5 Å². The Morgan fingerprint density at radius 1 is 1.29 bits per heavy atom. The fourth-order valence-electron chi connectivity index (χ4n) is 3.28. The zero-order chi connectivity index (χ0) is 10.2. The van der Waals surface area contributed by atoms with Crippen molar-refractivity contribution in [3.8, 4) is 0 Å². The molecule has 2 aliphatic carbocycles. The minimum absolute atomic E-state index is 0.0527. The molecule has 0 heterocycles. The second-order valence-corrected chi connectivity index (χ2v) is 4.97. The molecule has 2 heteroatoms. The maximum atomic E-state index is 11.8. The molecular weight excluding hydrogens is 176 g/mol. The second kappa shape index (κ2) is 3.56. The summed E-state index contributed by atoms with van der Waals surface area (Å²) in [6.07, 6.45) is 7.48. The lowest BCUT2D eigenvalue weighted by Crippen LogP contribution is -2.30. The quantitative estimate of drug-likeness (QED) is 0.635. The van der Waals surface area contributed by atoms with E-state index in [4.69, 9.17) is 4.74 Å². The molecule has 2 nitrogen and oxygen atoms in total. The third-order valence-electron chi connectivity index (χ3n) is 4.26. The van der Waals surface area contributed by atoms with Crippen LogP contribution in [-0.2, 0) is 9.53 Å². The van der Waals surface area contributed by atoms with Crippen molar-refractivity contribution < 1.29 is 9.53 Å². The van der Waals surface area contributed by atoms with Crippen LogP contribution < -0.4 is 0 Å². The Labute approximate surface area is 86.0 Å². The van der Waals surface area contributed by atoms with Gasteiger partial charge in [0.25, 0.3) is 0 Å². The van der Waals surface area contributed by atoms with E-state index >= 15 is 0 Å². The van der Waals surface area contributed by atoms with Crippen molar-refractivity contribution in [1.29, 1.82) is 0 Å². The van der Waals surface area contributed by atoms with Crippen molar-refractivity contribution in [2.45, 2.75) is 45.4 Å². The van der Waals surface area contributed by atoms with Gasteiger partial charge >= 0.3 is 5.97 Å². The minimum Gasteiger partial charge on any atom is -0.469 e. The first-order valence-electron chi connectivity index (χ1n) is 5.80. The summed E-state index contributed by atoms with van der Waals surface area (Å²) < 4.78 is 4.96. The Kier molecular flexibility index (Phi) is 2.54. The monoisotopic (exact) mass is 196 g/mol. The molecule has 0 saturated heterocycles. The highest BCUT2D eigenvalue weighted by Crippen LogP contribution is 2.61. The van der Waals surface area contributed by atoms with Gasteiger partial charge in [-0.2, -0.15) is 0 Å². The molecule has 0 bridgehead atoms. The normalized spacial score (nSPS) is 38.0. The van der Waals surface area contributed by atoms with Gasteiger partial charge in [-0.05, 0) is 31.1 Å². The molecule has 14 heavy (non-hydrogen) atoms. The van der Waals surface area contributed by atoms with Gasteiger partial charge < -0.3 is 4.74 Å².